The van der Waals surface area contributed by atoms with Crippen LogP contribution in [0.5, 0.6) is 0 Å². The van der Waals surface area contributed by atoms with E-state index in [1.165, 1.54) is 6.21 Å². The SMILES string of the molecule is CC1(C)OC[C@H](/C=N\O)O1. The van der Waals surface area contributed by atoms with Gasteiger partial charge in [0.15, 0.2) is 5.79 Å². The van der Waals surface area contributed by atoms with E-state index in [9.17, 15) is 0 Å². The van der Waals surface area contributed by atoms with Crippen LogP contribution in [0.1, 0.15) is 13.8 Å². The van der Waals surface area contributed by atoms with Crippen molar-refractivity contribution in [1.82, 2.24) is 0 Å². The third kappa shape index (κ3) is 1.68. The monoisotopic (exact) mass is 145 g/mol. The van der Waals surface area contributed by atoms with Gasteiger partial charge in [-0.2, -0.15) is 0 Å². The highest BCUT2D eigenvalue weighted by Crippen LogP contribution is 2.20. The van der Waals surface area contributed by atoms with Gasteiger partial charge in [-0.25, -0.2) is 0 Å². The smallest absolute Gasteiger partial charge is 0.163 e. The zero-order valence-electron chi connectivity index (χ0n) is 6.07. The maximum absolute atomic E-state index is 8.13. The highest BCUT2D eigenvalue weighted by atomic mass is 16.7. The topological polar surface area (TPSA) is 51.0 Å². The summed E-state index contributed by atoms with van der Waals surface area (Å²) in [6, 6.07) is 0. The minimum absolute atomic E-state index is 0.208. The van der Waals surface area contributed by atoms with Gasteiger partial charge in [0.2, 0.25) is 0 Å². The first-order valence-electron chi connectivity index (χ1n) is 3.13. The van der Waals surface area contributed by atoms with E-state index in [1.54, 1.807) is 0 Å². The summed E-state index contributed by atoms with van der Waals surface area (Å²) in [6.45, 7) is 4.09. The Morgan fingerprint density at radius 2 is 2.40 bits per heavy atom. The minimum Gasteiger partial charge on any atom is -0.411 e. The van der Waals surface area contributed by atoms with Gasteiger partial charge in [-0.3, -0.25) is 0 Å². The van der Waals surface area contributed by atoms with Gasteiger partial charge in [0.25, 0.3) is 0 Å². The van der Waals surface area contributed by atoms with Gasteiger partial charge in [-0.05, 0) is 13.8 Å². The van der Waals surface area contributed by atoms with Crippen molar-refractivity contribution in [1.29, 1.82) is 0 Å². The van der Waals surface area contributed by atoms with Crippen molar-refractivity contribution in [3.8, 4) is 0 Å². The predicted molar refractivity (Wildman–Crippen MR) is 35.2 cm³/mol. The van der Waals surface area contributed by atoms with Crippen molar-refractivity contribution in [3.05, 3.63) is 0 Å². The molecule has 0 aromatic rings. The molecule has 0 unspecified atom stereocenters. The molecule has 0 aliphatic carbocycles. The molecule has 1 N–H and O–H groups in total. The molecule has 0 spiro atoms. The van der Waals surface area contributed by atoms with Crippen molar-refractivity contribution >= 4 is 6.21 Å². The molecule has 1 aliphatic rings. The lowest BCUT2D eigenvalue weighted by atomic mass is 10.4. The fraction of sp³-hybridized carbons (Fsp3) is 0.833. The molecule has 0 saturated carbocycles. The Morgan fingerprint density at radius 1 is 1.70 bits per heavy atom. The van der Waals surface area contributed by atoms with Gasteiger partial charge in [-0.15, -0.1) is 0 Å². The lowest BCUT2D eigenvalue weighted by molar-refractivity contribution is -0.131. The lowest BCUT2D eigenvalue weighted by Gasteiger charge is -2.15. The second kappa shape index (κ2) is 2.56. The second-order valence-electron chi connectivity index (χ2n) is 2.63. The Hall–Kier alpha value is -0.610. The molecule has 1 heterocycles. The number of hydrogen-bond acceptors (Lipinski definition) is 4. The second-order valence-corrected chi connectivity index (χ2v) is 2.63. The summed E-state index contributed by atoms with van der Waals surface area (Å²) in [4.78, 5) is 0. The summed E-state index contributed by atoms with van der Waals surface area (Å²) in [5.74, 6) is -0.536. The predicted octanol–water partition coefficient (Wildman–Crippen LogP) is 0.598. The number of oxime groups is 1. The Bertz CT molecular complexity index is 144. The Morgan fingerprint density at radius 3 is 2.80 bits per heavy atom. The third-order valence-corrected chi connectivity index (χ3v) is 1.26. The quantitative estimate of drug-likeness (QED) is 0.334. The maximum atomic E-state index is 8.13. The first-order chi connectivity index (χ1) is 4.64. The summed E-state index contributed by atoms with van der Waals surface area (Å²) >= 11 is 0. The average molecular weight is 145 g/mol. The van der Waals surface area contributed by atoms with Crippen molar-refractivity contribution < 1.29 is 14.7 Å². The first-order valence-corrected chi connectivity index (χ1v) is 3.13. The molecule has 1 rings (SSSR count). The largest absolute Gasteiger partial charge is 0.411 e. The Kier molecular flexibility index (Phi) is 1.92. The van der Waals surface area contributed by atoms with E-state index in [1.807, 2.05) is 13.8 Å². The molecule has 4 nitrogen and oxygen atoms in total. The van der Waals surface area contributed by atoms with E-state index in [0.717, 1.165) is 0 Å². The summed E-state index contributed by atoms with van der Waals surface area (Å²) in [5.41, 5.74) is 0. The van der Waals surface area contributed by atoms with Crippen LogP contribution in [0.4, 0.5) is 0 Å². The minimum atomic E-state index is -0.536. The first kappa shape index (κ1) is 7.50. The fourth-order valence-corrected chi connectivity index (χ4v) is 0.863. The number of hydrogen-bond donors (Lipinski definition) is 1. The summed E-state index contributed by atoms with van der Waals surface area (Å²) in [7, 11) is 0. The molecule has 0 amide bonds. The van der Waals surface area contributed by atoms with Crippen molar-refractivity contribution in [2.75, 3.05) is 6.61 Å². The Balaban J connectivity index is 2.43. The zero-order valence-corrected chi connectivity index (χ0v) is 6.07. The molecule has 1 saturated heterocycles. The highest BCUT2D eigenvalue weighted by molar-refractivity contribution is 5.62. The molecular formula is C6H11NO3. The number of ether oxygens (including phenoxy) is 2. The van der Waals surface area contributed by atoms with Gasteiger partial charge in [0.1, 0.15) is 6.10 Å². The molecular weight excluding hydrogens is 134 g/mol. The van der Waals surface area contributed by atoms with E-state index >= 15 is 0 Å². The average Bonchev–Trinajstić information content (AvgIpc) is 2.12. The lowest BCUT2D eigenvalue weighted by Crippen LogP contribution is -2.21. The summed E-state index contributed by atoms with van der Waals surface area (Å²) in [5, 5.41) is 11.0. The number of rotatable bonds is 1. The van der Waals surface area contributed by atoms with Crippen LogP contribution in [0, 0.1) is 0 Å². The maximum Gasteiger partial charge on any atom is 0.163 e. The molecule has 10 heavy (non-hydrogen) atoms. The number of nitrogens with zero attached hydrogens (tertiary/aromatic N) is 1. The molecule has 0 aromatic carbocycles. The van der Waals surface area contributed by atoms with Gasteiger partial charge >= 0.3 is 0 Å². The van der Waals surface area contributed by atoms with Crippen LogP contribution in [-0.2, 0) is 9.47 Å². The molecule has 4 heteroatoms. The molecule has 1 fully saturated rings. The van der Waals surface area contributed by atoms with Crippen molar-refractivity contribution in [2.24, 2.45) is 5.16 Å². The summed E-state index contributed by atoms with van der Waals surface area (Å²) < 4.78 is 10.4. The van der Waals surface area contributed by atoms with Crippen LogP contribution in [-0.4, -0.2) is 29.9 Å². The summed E-state index contributed by atoms with van der Waals surface area (Å²) in [6.07, 6.45) is 1.11. The fourth-order valence-electron chi connectivity index (χ4n) is 0.863. The van der Waals surface area contributed by atoms with Crippen LogP contribution in [0.3, 0.4) is 0 Å². The van der Waals surface area contributed by atoms with E-state index < -0.39 is 5.79 Å². The van der Waals surface area contributed by atoms with Gasteiger partial charge in [0, 0.05) is 0 Å². The molecule has 1 aliphatic heterocycles. The highest BCUT2D eigenvalue weighted by Gasteiger charge is 2.31. The van der Waals surface area contributed by atoms with E-state index in [-0.39, 0.29) is 6.10 Å². The van der Waals surface area contributed by atoms with Gasteiger partial charge < -0.3 is 14.7 Å². The van der Waals surface area contributed by atoms with Crippen LogP contribution >= 0.6 is 0 Å². The van der Waals surface area contributed by atoms with Crippen LogP contribution in [0.25, 0.3) is 0 Å². The van der Waals surface area contributed by atoms with Crippen LogP contribution in [0.2, 0.25) is 0 Å². The van der Waals surface area contributed by atoms with Crippen LogP contribution in [0.15, 0.2) is 5.16 Å². The van der Waals surface area contributed by atoms with Crippen molar-refractivity contribution in [2.45, 2.75) is 25.7 Å². The Labute approximate surface area is 59.4 Å². The van der Waals surface area contributed by atoms with E-state index in [4.69, 9.17) is 14.7 Å². The zero-order chi connectivity index (χ0) is 7.61. The van der Waals surface area contributed by atoms with E-state index in [2.05, 4.69) is 5.16 Å². The third-order valence-electron chi connectivity index (χ3n) is 1.26. The standard InChI is InChI=1S/C6H11NO3/c1-6(2)9-4-5(10-6)3-7-8/h3,5,8H,4H2,1-2H3/b7-3-/t5-/m0/s1. The molecule has 1 atom stereocenters. The molecule has 0 radical (unpaired) electrons. The molecule has 0 bridgehead atoms. The van der Waals surface area contributed by atoms with Gasteiger partial charge in [-0.1, -0.05) is 5.16 Å². The normalized spacial score (nSPS) is 31.6. The van der Waals surface area contributed by atoms with Crippen LogP contribution < -0.4 is 0 Å². The molecule has 0 aromatic heterocycles. The molecule has 58 valence electrons. The van der Waals surface area contributed by atoms with Crippen molar-refractivity contribution in [3.63, 3.8) is 0 Å². The van der Waals surface area contributed by atoms with Gasteiger partial charge in [0.05, 0.1) is 12.8 Å². The van der Waals surface area contributed by atoms with E-state index in [0.29, 0.717) is 6.61 Å².